The molecule has 0 radical (unpaired) electrons. The van der Waals surface area contributed by atoms with E-state index in [0.29, 0.717) is 17.9 Å². The number of carbonyl (C=O) groups excluding carboxylic acids is 2. The van der Waals surface area contributed by atoms with Crippen molar-refractivity contribution >= 4 is 11.8 Å². The summed E-state index contributed by atoms with van der Waals surface area (Å²) in [6, 6.07) is 12.2. The van der Waals surface area contributed by atoms with Crippen LogP contribution < -0.4 is 15.6 Å². The highest BCUT2D eigenvalue weighted by Gasteiger charge is 2.16. The molecule has 0 aliphatic carbocycles. The normalized spacial score (nSPS) is 11.5. The summed E-state index contributed by atoms with van der Waals surface area (Å²) in [5, 5.41) is 4.02. The van der Waals surface area contributed by atoms with Gasteiger partial charge in [0.05, 0.1) is 6.54 Å². The summed E-state index contributed by atoms with van der Waals surface area (Å²) in [6.07, 6.45) is 2.17. The Morgan fingerprint density at radius 2 is 1.82 bits per heavy atom. The zero-order valence-corrected chi connectivity index (χ0v) is 15.0. The lowest BCUT2D eigenvalue weighted by Gasteiger charge is -2.15. The van der Waals surface area contributed by atoms with Gasteiger partial charge in [-0.3, -0.25) is 20.4 Å². The van der Waals surface area contributed by atoms with Crippen LogP contribution in [-0.4, -0.2) is 32.7 Å². The number of benzene rings is 2. The first-order valence-electron chi connectivity index (χ1n) is 8.45. The molecule has 9 heteroatoms. The maximum absolute atomic E-state index is 12.9. The fraction of sp³-hybridized carbons (Fsp3) is 0.158. The van der Waals surface area contributed by atoms with Crippen LogP contribution in [0.3, 0.4) is 0 Å². The SMILES string of the molecule is CC(Oc1ccc(F)cc1)C(=O)NNC(=O)c1ccc(Cn2cncn2)cc1. The third-order valence-corrected chi connectivity index (χ3v) is 3.82. The van der Waals surface area contributed by atoms with Crippen LogP contribution in [0.25, 0.3) is 0 Å². The molecule has 1 heterocycles. The number of ether oxygens (including phenoxy) is 1. The Balaban J connectivity index is 1.48. The van der Waals surface area contributed by atoms with Crippen LogP contribution in [0, 0.1) is 5.82 Å². The molecule has 1 atom stereocenters. The molecule has 0 saturated carbocycles. The minimum Gasteiger partial charge on any atom is -0.481 e. The van der Waals surface area contributed by atoms with Gasteiger partial charge in [-0.15, -0.1) is 0 Å². The summed E-state index contributed by atoms with van der Waals surface area (Å²) in [5.74, 6) is -1.06. The zero-order valence-electron chi connectivity index (χ0n) is 15.0. The minimum absolute atomic E-state index is 0.346. The Hall–Kier alpha value is -3.75. The van der Waals surface area contributed by atoms with Crippen molar-refractivity contribution in [2.45, 2.75) is 19.6 Å². The van der Waals surface area contributed by atoms with Gasteiger partial charge in [-0.2, -0.15) is 5.10 Å². The van der Waals surface area contributed by atoms with Crippen molar-refractivity contribution in [2.75, 3.05) is 0 Å². The highest BCUT2D eigenvalue weighted by molar-refractivity contribution is 5.95. The quantitative estimate of drug-likeness (QED) is 0.632. The topological polar surface area (TPSA) is 98.1 Å². The van der Waals surface area contributed by atoms with Crippen molar-refractivity contribution in [3.63, 3.8) is 0 Å². The third kappa shape index (κ3) is 5.13. The molecule has 0 fully saturated rings. The van der Waals surface area contributed by atoms with Gasteiger partial charge < -0.3 is 4.74 Å². The van der Waals surface area contributed by atoms with Gasteiger partial charge in [0.15, 0.2) is 6.10 Å². The van der Waals surface area contributed by atoms with Crippen molar-refractivity contribution < 1.29 is 18.7 Å². The van der Waals surface area contributed by atoms with Gasteiger partial charge in [-0.05, 0) is 48.9 Å². The van der Waals surface area contributed by atoms with Crippen LogP contribution in [-0.2, 0) is 11.3 Å². The van der Waals surface area contributed by atoms with Gasteiger partial charge in [0.2, 0.25) is 0 Å². The lowest BCUT2D eigenvalue weighted by atomic mass is 10.1. The molecule has 1 aromatic heterocycles. The Labute approximate surface area is 160 Å². The van der Waals surface area contributed by atoms with Crippen molar-refractivity contribution in [3.8, 4) is 5.75 Å². The summed E-state index contributed by atoms with van der Waals surface area (Å²) in [5.41, 5.74) is 5.97. The van der Waals surface area contributed by atoms with Crippen molar-refractivity contribution in [2.24, 2.45) is 0 Å². The number of nitrogens with one attached hydrogen (secondary N) is 2. The first-order valence-corrected chi connectivity index (χ1v) is 8.45. The van der Waals surface area contributed by atoms with Gasteiger partial charge in [0.1, 0.15) is 24.2 Å². The second kappa shape index (κ2) is 8.76. The van der Waals surface area contributed by atoms with Gasteiger partial charge in [-0.1, -0.05) is 12.1 Å². The number of halogens is 1. The van der Waals surface area contributed by atoms with Crippen LogP contribution in [0.2, 0.25) is 0 Å². The molecular weight excluding hydrogens is 365 g/mol. The van der Waals surface area contributed by atoms with E-state index in [1.165, 1.54) is 37.5 Å². The van der Waals surface area contributed by atoms with E-state index in [1.807, 2.05) is 0 Å². The van der Waals surface area contributed by atoms with Gasteiger partial charge in [-0.25, -0.2) is 14.1 Å². The van der Waals surface area contributed by atoms with Crippen LogP contribution in [0.15, 0.2) is 61.2 Å². The first kappa shape index (κ1) is 19.0. The molecule has 2 aromatic carbocycles. The predicted molar refractivity (Wildman–Crippen MR) is 97.7 cm³/mol. The van der Waals surface area contributed by atoms with Crippen LogP contribution >= 0.6 is 0 Å². The summed E-state index contributed by atoms with van der Waals surface area (Å²) in [4.78, 5) is 28.1. The average molecular weight is 383 g/mol. The monoisotopic (exact) mass is 383 g/mol. The fourth-order valence-electron chi connectivity index (χ4n) is 2.33. The molecule has 0 aliphatic heterocycles. The molecule has 3 rings (SSSR count). The third-order valence-electron chi connectivity index (χ3n) is 3.82. The van der Waals surface area contributed by atoms with Crippen LogP contribution in [0.1, 0.15) is 22.8 Å². The number of rotatable bonds is 6. The molecule has 2 amide bonds. The highest BCUT2D eigenvalue weighted by atomic mass is 19.1. The Morgan fingerprint density at radius 1 is 1.11 bits per heavy atom. The predicted octanol–water partition coefficient (Wildman–Crippen LogP) is 1.69. The second-order valence-corrected chi connectivity index (χ2v) is 5.95. The lowest BCUT2D eigenvalue weighted by molar-refractivity contribution is -0.128. The summed E-state index contributed by atoms with van der Waals surface area (Å²) >= 11 is 0. The maximum Gasteiger partial charge on any atom is 0.279 e. The summed E-state index contributed by atoms with van der Waals surface area (Å²) in [6.45, 7) is 2.06. The van der Waals surface area contributed by atoms with E-state index in [0.717, 1.165) is 5.56 Å². The lowest BCUT2D eigenvalue weighted by Crippen LogP contribution is -2.47. The fourth-order valence-corrected chi connectivity index (χ4v) is 2.33. The van der Waals surface area contributed by atoms with E-state index in [2.05, 4.69) is 20.9 Å². The second-order valence-electron chi connectivity index (χ2n) is 5.95. The number of hydrazine groups is 1. The summed E-state index contributed by atoms with van der Waals surface area (Å²) in [7, 11) is 0. The Kier molecular flexibility index (Phi) is 5.95. The molecule has 28 heavy (non-hydrogen) atoms. The van der Waals surface area contributed by atoms with E-state index in [9.17, 15) is 14.0 Å². The number of nitrogens with zero attached hydrogens (tertiary/aromatic N) is 3. The van der Waals surface area contributed by atoms with Gasteiger partial charge in [0.25, 0.3) is 11.8 Å². The van der Waals surface area contributed by atoms with E-state index >= 15 is 0 Å². The van der Waals surface area contributed by atoms with E-state index in [-0.39, 0.29) is 0 Å². The summed E-state index contributed by atoms with van der Waals surface area (Å²) < 4.78 is 19.9. The number of hydrogen-bond acceptors (Lipinski definition) is 5. The molecular formula is C19H18FN5O3. The molecule has 0 bridgehead atoms. The van der Waals surface area contributed by atoms with E-state index in [4.69, 9.17) is 4.74 Å². The standard InChI is InChI=1S/C19H18FN5O3/c1-13(28-17-8-6-16(20)7-9-17)18(26)23-24-19(27)15-4-2-14(3-5-15)10-25-12-21-11-22-25/h2-9,11-13H,10H2,1H3,(H,23,26)(H,24,27). The van der Waals surface area contributed by atoms with E-state index in [1.54, 1.807) is 35.3 Å². The number of carbonyl (C=O) groups is 2. The number of aromatic nitrogens is 3. The molecule has 3 aromatic rings. The molecule has 144 valence electrons. The van der Waals surface area contributed by atoms with Crippen molar-refractivity contribution in [1.82, 2.24) is 25.6 Å². The molecule has 0 aliphatic rings. The van der Waals surface area contributed by atoms with Crippen molar-refractivity contribution in [3.05, 3.63) is 78.1 Å². The van der Waals surface area contributed by atoms with Crippen molar-refractivity contribution in [1.29, 1.82) is 0 Å². The number of amides is 2. The van der Waals surface area contributed by atoms with Gasteiger partial charge in [0, 0.05) is 5.56 Å². The Morgan fingerprint density at radius 3 is 2.46 bits per heavy atom. The first-order chi connectivity index (χ1) is 13.5. The highest BCUT2D eigenvalue weighted by Crippen LogP contribution is 2.13. The molecule has 0 saturated heterocycles. The maximum atomic E-state index is 12.9. The average Bonchev–Trinajstić information content (AvgIpc) is 3.21. The number of hydrogen-bond donors (Lipinski definition) is 2. The van der Waals surface area contributed by atoms with Crippen LogP contribution in [0.5, 0.6) is 5.75 Å². The zero-order chi connectivity index (χ0) is 19.9. The largest absolute Gasteiger partial charge is 0.481 e. The van der Waals surface area contributed by atoms with Crippen LogP contribution in [0.4, 0.5) is 4.39 Å². The molecule has 2 N–H and O–H groups in total. The smallest absolute Gasteiger partial charge is 0.279 e. The minimum atomic E-state index is -0.879. The molecule has 1 unspecified atom stereocenters. The van der Waals surface area contributed by atoms with E-state index < -0.39 is 23.7 Å². The Bertz CT molecular complexity index is 927. The van der Waals surface area contributed by atoms with Gasteiger partial charge >= 0.3 is 0 Å². The molecule has 8 nitrogen and oxygen atoms in total. The molecule has 0 spiro atoms.